The standard InChI is InChI=1S/C20H26N4O6S/c1-19(2,3)29-17(25)24(18(26)30-20(4,5)6)31(27,28)15-10-8-14(9-11-15)23-16-21-12-7-13-22-16/h7-13H,1-6H3,(H,21,22,23). The fraction of sp³-hybridized carbons (Fsp3) is 0.400. The van der Waals surface area contributed by atoms with Gasteiger partial charge < -0.3 is 14.8 Å². The third-order valence-corrected chi connectivity index (χ3v) is 4.98. The molecule has 0 aliphatic heterocycles. The molecule has 0 unspecified atom stereocenters. The normalized spacial score (nSPS) is 12.1. The fourth-order valence-electron chi connectivity index (χ4n) is 2.19. The Hall–Kier alpha value is -3.21. The van der Waals surface area contributed by atoms with Crippen LogP contribution in [0, 0.1) is 0 Å². The molecule has 2 amide bonds. The number of hydrogen-bond donors (Lipinski definition) is 1. The highest BCUT2D eigenvalue weighted by Gasteiger charge is 2.41. The van der Waals surface area contributed by atoms with Crippen molar-refractivity contribution >= 4 is 33.8 Å². The molecule has 0 aliphatic rings. The summed E-state index contributed by atoms with van der Waals surface area (Å²) in [7, 11) is -4.61. The molecular formula is C20H26N4O6S. The molecule has 0 atom stereocenters. The Morgan fingerprint density at radius 2 is 1.32 bits per heavy atom. The summed E-state index contributed by atoms with van der Waals surface area (Å²) in [5, 5.41) is 2.91. The van der Waals surface area contributed by atoms with E-state index >= 15 is 0 Å². The maximum Gasteiger partial charge on any atom is 0.434 e. The predicted octanol–water partition coefficient (Wildman–Crippen LogP) is 4.08. The zero-order chi connectivity index (χ0) is 23.4. The Morgan fingerprint density at radius 1 is 0.871 bits per heavy atom. The van der Waals surface area contributed by atoms with E-state index in [2.05, 4.69) is 15.3 Å². The van der Waals surface area contributed by atoms with Crippen LogP contribution >= 0.6 is 0 Å². The Labute approximate surface area is 181 Å². The Bertz CT molecular complexity index is 998. The maximum atomic E-state index is 13.1. The van der Waals surface area contributed by atoms with E-state index < -0.39 is 33.4 Å². The van der Waals surface area contributed by atoms with Crippen LogP contribution in [0.5, 0.6) is 0 Å². The Kier molecular flexibility index (Phi) is 6.89. The molecule has 0 bridgehead atoms. The summed E-state index contributed by atoms with van der Waals surface area (Å²) in [6, 6.07) is 7.03. The number of nitrogens with zero attached hydrogens (tertiary/aromatic N) is 3. The summed E-state index contributed by atoms with van der Waals surface area (Å²) >= 11 is 0. The number of aromatic nitrogens is 2. The van der Waals surface area contributed by atoms with Gasteiger partial charge in [0.15, 0.2) is 0 Å². The number of ether oxygens (including phenoxy) is 2. The summed E-state index contributed by atoms with van der Waals surface area (Å²) < 4.78 is 36.5. The molecule has 0 saturated heterocycles. The molecule has 0 saturated carbocycles. The molecule has 11 heteroatoms. The lowest BCUT2D eigenvalue weighted by Crippen LogP contribution is -2.46. The van der Waals surface area contributed by atoms with E-state index in [1.807, 2.05) is 0 Å². The van der Waals surface area contributed by atoms with Crippen LogP contribution in [0.4, 0.5) is 21.2 Å². The number of rotatable bonds is 4. The lowest BCUT2D eigenvalue weighted by atomic mass is 10.2. The minimum atomic E-state index is -4.61. The van der Waals surface area contributed by atoms with Crippen molar-refractivity contribution in [1.82, 2.24) is 14.3 Å². The minimum Gasteiger partial charge on any atom is -0.443 e. The lowest BCUT2D eigenvalue weighted by molar-refractivity contribution is 0.0174. The first-order valence-corrected chi connectivity index (χ1v) is 10.8. The number of carbonyl (C=O) groups excluding carboxylic acids is 2. The van der Waals surface area contributed by atoms with Crippen LogP contribution in [0.15, 0.2) is 47.6 Å². The van der Waals surface area contributed by atoms with Gasteiger partial charge in [0.1, 0.15) is 11.2 Å². The van der Waals surface area contributed by atoms with Crippen LogP contribution < -0.4 is 5.32 Å². The summed E-state index contributed by atoms with van der Waals surface area (Å²) in [6.07, 6.45) is 0.379. The first-order valence-electron chi connectivity index (χ1n) is 9.34. The molecule has 0 spiro atoms. The van der Waals surface area contributed by atoms with Crippen molar-refractivity contribution in [3.63, 3.8) is 0 Å². The largest absolute Gasteiger partial charge is 0.443 e. The zero-order valence-electron chi connectivity index (χ0n) is 18.2. The van der Waals surface area contributed by atoms with E-state index in [0.717, 1.165) is 0 Å². The molecule has 0 radical (unpaired) electrons. The van der Waals surface area contributed by atoms with Gasteiger partial charge in [-0.2, -0.15) is 0 Å². The molecule has 0 fully saturated rings. The third kappa shape index (κ3) is 6.92. The number of benzene rings is 1. The first kappa shape index (κ1) is 24.1. The molecule has 1 aromatic heterocycles. The van der Waals surface area contributed by atoms with Crippen molar-refractivity contribution in [2.45, 2.75) is 57.6 Å². The van der Waals surface area contributed by atoms with Gasteiger partial charge in [-0.05, 0) is 71.9 Å². The van der Waals surface area contributed by atoms with Crippen LogP contribution in [-0.4, -0.2) is 46.1 Å². The van der Waals surface area contributed by atoms with Crippen LogP contribution in [-0.2, 0) is 19.5 Å². The number of carbonyl (C=O) groups is 2. The second-order valence-electron chi connectivity index (χ2n) is 8.45. The second kappa shape index (κ2) is 8.88. The number of imide groups is 1. The Balaban J connectivity index is 2.37. The van der Waals surface area contributed by atoms with Gasteiger partial charge in [0.05, 0.1) is 4.90 Å². The summed E-state index contributed by atoms with van der Waals surface area (Å²) in [5.41, 5.74) is -1.56. The Morgan fingerprint density at radius 3 is 1.74 bits per heavy atom. The molecule has 168 valence electrons. The number of sulfonamides is 1. The molecule has 1 aromatic carbocycles. The van der Waals surface area contributed by atoms with Crippen molar-refractivity contribution < 1.29 is 27.5 Å². The van der Waals surface area contributed by atoms with Crippen molar-refractivity contribution in [1.29, 1.82) is 0 Å². The summed E-state index contributed by atoms with van der Waals surface area (Å²) in [4.78, 5) is 32.9. The average Bonchev–Trinajstić information content (AvgIpc) is 2.59. The molecule has 1 N–H and O–H groups in total. The lowest BCUT2D eigenvalue weighted by Gasteiger charge is -2.28. The van der Waals surface area contributed by atoms with Gasteiger partial charge >= 0.3 is 12.2 Å². The molecular weight excluding hydrogens is 424 g/mol. The third-order valence-electron chi connectivity index (χ3n) is 3.33. The molecule has 2 aromatic rings. The average molecular weight is 451 g/mol. The highest BCUT2D eigenvalue weighted by Crippen LogP contribution is 2.24. The van der Waals surface area contributed by atoms with E-state index in [0.29, 0.717) is 11.6 Å². The number of anilines is 2. The van der Waals surface area contributed by atoms with Gasteiger partial charge in [-0.1, -0.05) is 4.31 Å². The number of amides is 2. The first-order chi connectivity index (χ1) is 14.2. The maximum absolute atomic E-state index is 13.1. The van der Waals surface area contributed by atoms with Crippen molar-refractivity contribution in [3.05, 3.63) is 42.7 Å². The van der Waals surface area contributed by atoms with Gasteiger partial charge in [0.2, 0.25) is 5.95 Å². The van der Waals surface area contributed by atoms with Crippen molar-refractivity contribution in [2.24, 2.45) is 0 Å². The molecule has 31 heavy (non-hydrogen) atoms. The van der Waals surface area contributed by atoms with Gasteiger partial charge in [-0.25, -0.2) is 28.0 Å². The van der Waals surface area contributed by atoms with Gasteiger partial charge in [-0.3, -0.25) is 0 Å². The minimum absolute atomic E-state index is 0.00770. The molecule has 0 aliphatic carbocycles. The van der Waals surface area contributed by atoms with Crippen molar-refractivity contribution in [3.8, 4) is 0 Å². The van der Waals surface area contributed by atoms with Gasteiger partial charge in [-0.15, -0.1) is 0 Å². The van der Waals surface area contributed by atoms with Crippen LogP contribution in [0.2, 0.25) is 0 Å². The van der Waals surface area contributed by atoms with E-state index in [9.17, 15) is 18.0 Å². The van der Waals surface area contributed by atoms with E-state index in [4.69, 9.17) is 9.47 Å². The highest BCUT2D eigenvalue weighted by molar-refractivity contribution is 7.90. The molecule has 2 rings (SSSR count). The number of hydrogen-bond acceptors (Lipinski definition) is 9. The molecule has 1 heterocycles. The quantitative estimate of drug-likeness (QED) is 0.732. The van der Waals surface area contributed by atoms with Crippen molar-refractivity contribution in [2.75, 3.05) is 5.32 Å². The zero-order valence-corrected chi connectivity index (χ0v) is 19.1. The van der Waals surface area contributed by atoms with Gasteiger partial charge in [0, 0.05) is 18.1 Å². The smallest absolute Gasteiger partial charge is 0.434 e. The van der Waals surface area contributed by atoms with E-state index in [1.54, 1.807) is 60.0 Å². The topological polar surface area (TPSA) is 128 Å². The fourth-order valence-corrected chi connectivity index (χ4v) is 3.34. The van der Waals surface area contributed by atoms with E-state index in [1.165, 1.54) is 24.3 Å². The van der Waals surface area contributed by atoms with Crippen LogP contribution in [0.1, 0.15) is 41.5 Å². The highest BCUT2D eigenvalue weighted by atomic mass is 32.2. The van der Waals surface area contributed by atoms with E-state index in [-0.39, 0.29) is 9.20 Å². The van der Waals surface area contributed by atoms with Gasteiger partial charge in [0.25, 0.3) is 10.0 Å². The summed E-state index contributed by atoms with van der Waals surface area (Å²) in [5.74, 6) is 0.322. The SMILES string of the molecule is CC(C)(C)OC(=O)N(C(=O)OC(C)(C)C)S(=O)(=O)c1ccc(Nc2ncccn2)cc1. The number of nitrogens with one attached hydrogen (secondary N) is 1. The van der Waals surface area contributed by atoms with Crippen LogP contribution in [0.25, 0.3) is 0 Å². The second-order valence-corrected chi connectivity index (χ2v) is 10.2. The predicted molar refractivity (Wildman–Crippen MR) is 113 cm³/mol. The summed E-state index contributed by atoms with van der Waals surface area (Å²) in [6.45, 7) is 9.31. The molecule has 10 nitrogen and oxygen atoms in total. The monoisotopic (exact) mass is 450 g/mol. The van der Waals surface area contributed by atoms with Crippen LogP contribution in [0.3, 0.4) is 0 Å².